The highest BCUT2D eigenvalue weighted by Crippen LogP contribution is 2.26. The molecule has 0 bridgehead atoms. The average Bonchev–Trinajstić information content (AvgIpc) is 2.37. The number of fused-ring (bicyclic) bond motifs is 1. The van der Waals surface area contributed by atoms with Crippen LogP contribution in [0.1, 0.15) is 0 Å². The number of rotatable bonds is 1. The molecule has 2 rings (SSSR count). The molecule has 0 spiro atoms. The van der Waals surface area contributed by atoms with E-state index in [1.54, 1.807) is 0 Å². The van der Waals surface area contributed by atoms with Gasteiger partial charge in [0.1, 0.15) is 0 Å². The summed E-state index contributed by atoms with van der Waals surface area (Å²) in [7, 11) is -3.44. The van der Waals surface area contributed by atoms with Gasteiger partial charge in [0.15, 0.2) is 0 Å². The predicted molar refractivity (Wildman–Crippen MR) is 44.5 cm³/mol. The average molecular weight is 191 g/mol. The van der Waals surface area contributed by atoms with Crippen molar-refractivity contribution in [3.8, 4) is 0 Å². The van der Waals surface area contributed by atoms with E-state index < -0.39 is 10.2 Å². The van der Waals surface area contributed by atoms with E-state index in [-0.39, 0.29) is 0 Å². The molecule has 2 saturated heterocycles. The summed E-state index contributed by atoms with van der Waals surface area (Å²) in [6, 6.07) is 0. The molecule has 0 aromatic heterocycles. The third kappa shape index (κ3) is 1.35. The maximum atomic E-state index is 10.9. The molecule has 2 fully saturated rings. The second kappa shape index (κ2) is 2.66. The summed E-state index contributed by atoms with van der Waals surface area (Å²) in [5, 5.41) is 8.26. The van der Waals surface area contributed by atoms with Crippen molar-refractivity contribution in [2.24, 2.45) is 17.0 Å². The zero-order valence-electron chi connectivity index (χ0n) is 6.73. The normalized spacial score (nSPS) is 37.1. The molecule has 2 atom stereocenters. The molecule has 6 heteroatoms. The third-order valence-corrected chi connectivity index (χ3v) is 3.73. The van der Waals surface area contributed by atoms with E-state index in [1.165, 1.54) is 4.31 Å². The van der Waals surface area contributed by atoms with Crippen LogP contribution in [0.15, 0.2) is 0 Å². The van der Waals surface area contributed by atoms with Crippen LogP contribution in [-0.4, -0.2) is 38.9 Å². The maximum Gasteiger partial charge on any atom is 0.276 e. The Labute approximate surface area is 72.1 Å². The van der Waals surface area contributed by atoms with Crippen molar-refractivity contribution in [2.45, 2.75) is 0 Å². The van der Waals surface area contributed by atoms with Crippen molar-refractivity contribution < 1.29 is 8.42 Å². The Bertz CT molecular complexity index is 265. The predicted octanol–water partition coefficient (Wildman–Crippen LogP) is -1.66. The van der Waals surface area contributed by atoms with Gasteiger partial charge in [-0.15, -0.1) is 0 Å². The van der Waals surface area contributed by atoms with Gasteiger partial charge in [0.25, 0.3) is 10.2 Å². The molecule has 70 valence electrons. The summed E-state index contributed by atoms with van der Waals surface area (Å²) in [6.45, 7) is 3.04. The molecule has 3 N–H and O–H groups in total. The van der Waals surface area contributed by atoms with E-state index >= 15 is 0 Å². The zero-order chi connectivity index (χ0) is 8.77. The van der Waals surface area contributed by atoms with Crippen LogP contribution < -0.4 is 10.5 Å². The van der Waals surface area contributed by atoms with E-state index in [0.717, 1.165) is 13.1 Å². The Morgan fingerprint density at radius 1 is 1.25 bits per heavy atom. The van der Waals surface area contributed by atoms with Gasteiger partial charge < -0.3 is 5.32 Å². The van der Waals surface area contributed by atoms with E-state index in [1.807, 2.05) is 0 Å². The lowest BCUT2D eigenvalue weighted by molar-refractivity contribution is 0.449. The van der Waals surface area contributed by atoms with Gasteiger partial charge in [-0.1, -0.05) is 0 Å². The molecular formula is C6H13N3O2S. The number of hydrogen-bond acceptors (Lipinski definition) is 3. The van der Waals surface area contributed by atoms with E-state index in [4.69, 9.17) is 5.14 Å². The first-order valence-electron chi connectivity index (χ1n) is 4.06. The first kappa shape index (κ1) is 8.43. The summed E-state index contributed by atoms with van der Waals surface area (Å²) in [6.07, 6.45) is 0. The van der Waals surface area contributed by atoms with E-state index in [2.05, 4.69) is 5.32 Å². The summed E-state index contributed by atoms with van der Waals surface area (Å²) >= 11 is 0. The van der Waals surface area contributed by atoms with Crippen molar-refractivity contribution in [1.29, 1.82) is 0 Å². The molecule has 0 aromatic carbocycles. The van der Waals surface area contributed by atoms with Gasteiger partial charge in [-0.05, 0) is 24.9 Å². The highest BCUT2D eigenvalue weighted by Gasteiger charge is 2.39. The van der Waals surface area contributed by atoms with E-state index in [9.17, 15) is 8.42 Å². The van der Waals surface area contributed by atoms with Crippen LogP contribution in [0.4, 0.5) is 0 Å². The van der Waals surface area contributed by atoms with Crippen LogP contribution in [-0.2, 0) is 10.2 Å². The Kier molecular flexibility index (Phi) is 1.87. The summed E-state index contributed by atoms with van der Waals surface area (Å²) in [5.74, 6) is 0.951. The van der Waals surface area contributed by atoms with Crippen LogP contribution in [0.3, 0.4) is 0 Å². The molecule has 0 radical (unpaired) electrons. The van der Waals surface area contributed by atoms with Crippen molar-refractivity contribution >= 4 is 10.2 Å². The van der Waals surface area contributed by atoms with Crippen molar-refractivity contribution in [2.75, 3.05) is 26.2 Å². The minimum absolute atomic E-state index is 0.475. The maximum absolute atomic E-state index is 10.9. The van der Waals surface area contributed by atoms with Crippen molar-refractivity contribution in [3.05, 3.63) is 0 Å². The van der Waals surface area contributed by atoms with Gasteiger partial charge in [-0.25, -0.2) is 5.14 Å². The fourth-order valence-corrected chi connectivity index (χ4v) is 2.82. The Morgan fingerprint density at radius 2 is 1.75 bits per heavy atom. The number of hydrogen-bond donors (Lipinski definition) is 2. The lowest BCUT2D eigenvalue weighted by Crippen LogP contribution is -2.36. The van der Waals surface area contributed by atoms with Crippen LogP contribution in [0.2, 0.25) is 0 Å². The quantitative estimate of drug-likeness (QED) is 0.521. The standard InChI is InChI=1S/C6H13N3O2S/c7-12(10,11)9-3-5-1-8-2-6(5)4-9/h5-6,8H,1-4H2,(H2,7,10,11)/t5-,6+. The summed E-state index contributed by atoms with van der Waals surface area (Å²) in [4.78, 5) is 0. The molecule has 2 heterocycles. The number of nitrogens with one attached hydrogen (secondary N) is 1. The fraction of sp³-hybridized carbons (Fsp3) is 1.00. The first-order chi connectivity index (χ1) is 5.57. The topological polar surface area (TPSA) is 75.4 Å². The van der Waals surface area contributed by atoms with Crippen LogP contribution in [0.25, 0.3) is 0 Å². The van der Waals surface area contributed by atoms with Gasteiger partial charge >= 0.3 is 0 Å². The zero-order valence-corrected chi connectivity index (χ0v) is 7.55. The molecular weight excluding hydrogens is 178 g/mol. The highest BCUT2D eigenvalue weighted by molar-refractivity contribution is 7.86. The Hall–Kier alpha value is -0.170. The fourth-order valence-electron chi connectivity index (χ4n) is 2.02. The number of nitrogens with two attached hydrogens (primary N) is 1. The molecule has 0 saturated carbocycles. The molecule has 2 aliphatic rings. The van der Waals surface area contributed by atoms with E-state index in [0.29, 0.717) is 24.9 Å². The Balaban J connectivity index is 2.09. The molecule has 2 aliphatic heterocycles. The minimum Gasteiger partial charge on any atom is -0.316 e. The molecule has 0 amide bonds. The van der Waals surface area contributed by atoms with Crippen molar-refractivity contribution in [1.82, 2.24) is 9.62 Å². The Morgan fingerprint density at radius 3 is 2.17 bits per heavy atom. The number of nitrogens with zero attached hydrogens (tertiary/aromatic N) is 1. The molecule has 0 unspecified atom stereocenters. The SMILES string of the molecule is NS(=O)(=O)N1C[C@H]2CNC[C@H]2C1. The highest BCUT2D eigenvalue weighted by atomic mass is 32.2. The van der Waals surface area contributed by atoms with Gasteiger partial charge in [0.2, 0.25) is 0 Å². The molecule has 0 aromatic rings. The van der Waals surface area contributed by atoms with Crippen LogP contribution in [0, 0.1) is 11.8 Å². The van der Waals surface area contributed by atoms with Crippen molar-refractivity contribution in [3.63, 3.8) is 0 Å². The molecule has 12 heavy (non-hydrogen) atoms. The third-order valence-electron chi connectivity index (χ3n) is 2.72. The summed E-state index contributed by atoms with van der Waals surface area (Å²) < 4.78 is 23.3. The van der Waals surface area contributed by atoms with Gasteiger partial charge in [-0.3, -0.25) is 0 Å². The lowest BCUT2D eigenvalue weighted by atomic mass is 10.0. The van der Waals surface area contributed by atoms with Crippen LogP contribution >= 0.6 is 0 Å². The van der Waals surface area contributed by atoms with Gasteiger partial charge in [-0.2, -0.15) is 12.7 Å². The lowest BCUT2D eigenvalue weighted by Gasteiger charge is -2.12. The molecule has 5 nitrogen and oxygen atoms in total. The largest absolute Gasteiger partial charge is 0.316 e. The van der Waals surface area contributed by atoms with Crippen LogP contribution in [0.5, 0.6) is 0 Å². The second-order valence-electron chi connectivity index (χ2n) is 3.54. The monoisotopic (exact) mass is 191 g/mol. The molecule has 0 aliphatic carbocycles. The smallest absolute Gasteiger partial charge is 0.276 e. The summed E-state index contributed by atoms with van der Waals surface area (Å²) in [5.41, 5.74) is 0. The second-order valence-corrected chi connectivity index (χ2v) is 5.09. The van der Waals surface area contributed by atoms with Gasteiger partial charge in [0.05, 0.1) is 0 Å². The van der Waals surface area contributed by atoms with Gasteiger partial charge in [0, 0.05) is 13.1 Å². The minimum atomic E-state index is -3.44. The first-order valence-corrected chi connectivity index (χ1v) is 5.56.